The van der Waals surface area contributed by atoms with Gasteiger partial charge in [-0.05, 0) is 111 Å². The lowest BCUT2D eigenvalue weighted by molar-refractivity contribution is -0.280. The average molecular weight is 505 g/mol. The fourth-order valence-electron chi connectivity index (χ4n) is 11.9. The summed E-state index contributed by atoms with van der Waals surface area (Å²) in [6, 6.07) is 0. The Hall–Kier alpha value is -0.650. The summed E-state index contributed by atoms with van der Waals surface area (Å²) in [6.07, 6.45) is 9.07. The van der Waals surface area contributed by atoms with E-state index in [1.165, 1.54) is 7.11 Å². The van der Waals surface area contributed by atoms with Crippen molar-refractivity contribution < 1.29 is 24.9 Å². The van der Waals surface area contributed by atoms with E-state index < -0.39 is 22.5 Å². The van der Waals surface area contributed by atoms with E-state index in [9.17, 15) is 20.1 Å². The van der Waals surface area contributed by atoms with Crippen LogP contribution in [0.15, 0.2) is 0 Å². The number of fused-ring (bicyclic) bond motifs is 7. The van der Waals surface area contributed by atoms with Gasteiger partial charge in [-0.15, -0.1) is 0 Å². The number of carbonyl (C=O) groups excluding carboxylic acids is 1. The van der Waals surface area contributed by atoms with E-state index in [4.69, 9.17) is 4.74 Å². The van der Waals surface area contributed by atoms with Crippen LogP contribution in [0.5, 0.6) is 0 Å². The van der Waals surface area contributed by atoms with Crippen LogP contribution >= 0.6 is 0 Å². The SMILES string of the molecule is COC(=O)C12CCC(C)C(C)(O)C1C1CCC3C4(C)CCC(O)C(C)(CO)C4CCC3(C)C1(C)CC2. The molecule has 12 unspecified atom stereocenters. The van der Waals surface area contributed by atoms with Gasteiger partial charge in [0, 0.05) is 11.3 Å². The number of methoxy groups -OCH3 is 1. The minimum absolute atomic E-state index is 0.0266. The number of hydrogen-bond donors (Lipinski definition) is 3. The summed E-state index contributed by atoms with van der Waals surface area (Å²) in [6.45, 7) is 13.8. The summed E-state index contributed by atoms with van der Waals surface area (Å²) in [5.74, 6) is 1.07. The van der Waals surface area contributed by atoms with Crippen molar-refractivity contribution in [3.63, 3.8) is 0 Å². The fourth-order valence-corrected chi connectivity index (χ4v) is 11.9. The van der Waals surface area contributed by atoms with Crippen molar-refractivity contribution in [2.75, 3.05) is 13.7 Å². The average Bonchev–Trinajstić information content (AvgIpc) is 2.84. The van der Waals surface area contributed by atoms with Gasteiger partial charge in [0.15, 0.2) is 0 Å². The Morgan fingerprint density at radius 3 is 2.19 bits per heavy atom. The number of aliphatic hydroxyl groups is 3. The van der Waals surface area contributed by atoms with Crippen LogP contribution in [0.2, 0.25) is 0 Å². The van der Waals surface area contributed by atoms with Crippen LogP contribution in [0.4, 0.5) is 0 Å². The highest BCUT2D eigenvalue weighted by Gasteiger charge is 2.73. The van der Waals surface area contributed by atoms with E-state index in [1.807, 2.05) is 6.92 Å². The number of aliphatic hydroxyl groups excluding tert-OH is 2. The first-order valence-corrected chi connectivity index (χ1v) is 14.8. The number of ether oxygens (including phenoxy) is 1. The minimum atomic E-state index is -0.895. The van der Waals surface area contributed by atoms with E-state index in [0.717, 1.165) is 64.2 Å². The molecule has 0 saturated heterocycles. The van der Waals surface area contributed by atoms with Crippen LogP contribution in [0, 0.1) is 56.7 Å². The molecule has 5 rings (SSSR count). The number of rotatable bonds is 2. The molecule has 0 radical (unpaired) electrons. The molecule has 5 saturated carbocycles. The monoisotopic (exact) mass is 504 g/mol. The molecule has 12 atom stereocenters. The summed E-state index contributed by atoms with van der Waals surface area (Å²) in [5.41, 5.74) is -1.72. The lowest BCUT2D eigenvalue weighted by Crippen LogP contribution is -2.71. The molecule has 0 aromatic heterocycles. The third-order valence-corrected chi connectivity index (χ3v) is 14.4. The Kier molecular flexibility index (Phi) is 6.12. The van der Waals surface area contributed by atoms with Gasteiger partial charge in [-0.3, -0.25) is 4.79 Å². The smallest absolute Gasteiger partial charge is 0.312 e. The van der Waals surface area contributed by atoms with E-state index in [-0.39, 0.29) is 46.6 Å². The highest BCUT2D eigenvalue weighted by molar-refractivity contribution is 5.78. The lowest BCUT2D eigenvalue weighted by atomic mass is 9.31. The summed E-state index contributed by atoms with van der Waals surface area (Å²) in [5, 5.41) is 33.5. The van der Waals surface area contributed by atoms with Crippen molar-refractivity contribution in [2.45, 2.75) is 117 Å². The maximum atomic E-state index is 13.5. The van der Waals surface area contributed by atoms with Crippen molar-refractivity contribution in [1.82, 2.24) is 0 Å². The van der Waals surface area contributed by atoms with Crippen molar-refractivity contribution in [2.24, 2.45) is 56.7 Å². The number of hydrogen-bond acceptors (Lipinski definition) is 5. The summed E-state index contributed by atoms with van der Waals surface area (Å²) < 4.78 is 5.46. The first-order chi connectivity index (χ1) is 16.7. The third-order valence-electron chi connectivity index (χ3n) is 14.4. The van der Waals surface area contributed by atoms with Gasteiger partial charge in [-0.1, -0.05) is 34.6 Å². The standard InChI is InChI=1S/C31H52O5/c1-19-10-15-31(25(34)36-7)17-16-28(4)20(24(31)30(19,6)35)8-9-22-26(2)13-12-23(33)27(3,18-32)21(26)11-14-29(22,28)5/h19-24,32-33,35H,8-18H2,1-7H3. The van der Waals surface area contributed by atoms with Gasteiger partial charge in [0.1, 0.15) is 0 Å². The molecule has 5 heteroatoms. The zero-order valence-corrected chi connectivity index (χ0v) is 23.9. The topological polar surface area (TPSA) is 87.0 Å². The molecule has 0 aliphatic heterocycles. The van der Waals surface area contributed by atoms with Crippen molar-refractivity contribution >= 4 is 5.97 Å². The van der Waals surface area contributed by atoms with Crippen LogP contribution in [0.1, 0.15) is 106 Å². The van der Waals surface area contributed by atoms with Gasteiger partial charge < -0.3 is 20.1 Å². The third kappa shape index (κ3) is 3.03. The molecule has 0 bridgehead atoms. The van der Waals surface area contributed by atoms with Crippen molar-refractivity contribution in [3.05, 3.63) is 0 Å². The Morgan fingerprint density at radius 2 is 1.56 bits per heavy atom. The molecule has 3 N–H and O–H groups in total. The van der Waals surface area contributed by atoms with Crippen LogP contribution in [-0.4, -0.2) is 46.7 Å². The predicted molar refractivity (Wildman–Crippen MR) is 140 cm³/mol. The molecule has 0 amide bonds. The predicted octanol–water partition coefficient (Wildman–Crippen LogP) is 5.35. The zero-order chi connectivity index (χ0) is 26.5. The van der Waals surface area contributed by atoms with E-state index >= 15 is 0 Å². The van der Waals surface area contributed by atoms with Gasteiger partial charge in [-0.2, -0.15) is 0 Å². The molecule has 5 aliphatic rings. The first-order valence-electron chi connectivity index (χ1n) is 14.8. The first kappa shape index (κ1) is 26.9. The van der Waals surface area contributed by atoms with Gasteiger partial charge in [0.2, 0.25) is 0 Å². The minimum Gasteiger partial charge on any atom is -0.469 e. The molecule has 0 aromatic rings. The van der Waals surface area contributed by atoms with Crippen LogP contribution in [0.25, 0.3) is 0 Å². The fraction of sp³-hybridized carbons (Fsp3) is 0.968. The normalized spacial score (nSPS) is 58.6. The molecule has 5 aliphatic carbocycles. The van der Waals surface area contributed by atoms with Crippen LogP contribution in [0.3, 0.4) is 0 Å². The maximum absolute atomic E-state index is 13.5. The highest BCUT2D eigenvalue weighted by Crippen LogP contribution is 2.77. The second-order valence-electron chi connectivity index (χ2n) is 15.2. The zero-order valence-electron chi connectivity index (χ0n) is 23.9. The second kappa shape index (κ2) is 8.18. The van der Waals surface area contributed by atoms with Crippen molar-refractivity contribution in [3.8, 4) is 0 Å². The molecule has 0 heterocycles. The molecule has 0 aromatic carbocycles. The largest absolute Gasteiger partial charge is 0.469 e. The summed E-state index contributed by atoms with van der Waals surface area (Å²) >= 11 is 0. The van der Waals surface area contributed by atoms with Crippen LogP contribution in [-0.2, 0) is 9.53 Å². The highest BCUT2D eigenvalue weighted by atomic mass is 16.5. The molecule has 5 fully saturated rings. The Morgan fingerprint density at radius 1 is 0.861 bits per heavy atom. The number of carbonyl (C=O) groups is 1. The molecule has 0 spiro atoms. The number of esters is 1. The maximum Gasteiger partial charge on any atom is 0.312 e. The molecule has 5 nitrogen and oxygen atoms in total. The van der Waals surface area contributed by atoms with Crippen molar-refractivity contribution in [1.29, 1.82) is 0 Å². The van der Waals surface area contributed by atoms with Crippen LogP contribution < -0.4 is 0 Å². The molecular weight excluding hydrogens is 452 g/mol. The Balaban J connectivity index is 1.58. The quantitative estimate of drug-likeness (QED) is 0.442. The van der Waals surface area contributed by atoms with Gasteiger partial charge >= 0.3 is 5.97 Å². The summed E-state index contributed by atoms with van der Waals surface area (Å²) in [7, 11) is 1.52. The van der Waals surface area contributed by atoms with Gasteiger partial charge in [-0.25, -0.2) is 0 Å². The molecular formula is C31H52O5. The Bertz CT molecular complexity index is 901. The summed E-state index contributed by atoms with van der Waals surface area (Å²) in [4.78, 5) is 13.5. The lowest BCUT2D eigenvalue weighted by Gasteiger charge is -2.74. The Labute approximate surface area is 218 Å². The molecule has 36 heavy (non-hydrogen) atoms. The van der Waals surface area contributed by atoms with E-state index in [1.54, 1.807) is 0 Å². The van der Waals surface area contributed by atoms with Gasteiger partial charge in [0.25, 0.3) is 0 Å². The van der Waals surface area contributed by atoms with Gasteiger partial charge in [0.05, 0.1) is 30.8 Å². The van der Waals surface area contributed by atoms with E-state index in [2.05, 4.69) is 34.6 Å². The van der Waals surface area contributed by atoms with E-state index in [0.29, 0.717) is 11.8 Å². The molecule has 206 valence electrons. The second-order valence-corrected chi connectivity index (χ2v) is 15.2.